The Kier molecular flexibility index (Phi) is 3.20. The minimum atomic E-state index is -0.425. The lowest BCUT2D eigenvalue weighted by molar-refractivity contribution is -0.122. The second-order valence-electron chi connectivity index (χ2n) is 4.87. The zero-order chi connectivity index (χ0) is 13.2. The fraction of sp³-hybridized carbons (Fsp3) is 0.583. The molecule has 7 heteroatoms. The van der Waals surface area contributed by atoms with Crippen molar-refractivity contribution in [2.45, 2.75) is 31.3 Å². The van der Waals surface area contributed by atoms with Crippen LogP contribution in [0.25, 0.3) is 0 Å². The van der Waals surface area contributed by atoms with Crippen molar-refractivity contribution in [3.63, 3.8) is 0 Å². The lowest BCUT2D eigenvalue weighted by Gasteiger charge is -2.09. The monoisotopic (exact) mass is 264 g/mol. The van der Waals surface area contributed by atoms with E-state index < -0.39 is 6.04 Å². The van der Waals surface area contributed by atoms with E-state index in [0.717, 1.165) is 13.0 Å². The number of aromatic nitrogens is 2. The lowest BCUT2D eigenvalue weighted by Crippen LogP contribution is -2.37. The lowest BCUT2D eigenvalue weighted by atomic mass is 10.2. The first-order valence-corrected chi connectivity index (χ1v) is 6.44. The van der Waals surface area contributed by atoms with Crippen LogP contribution in [0, 0.1) is 0 Å². The van der Waals surface area contributed by atoms with Gasteiger partial charge in [-0.2, -0.15) is 5.10 Å². The average Bonchev–Trinajstić information content (AvgIpc) is 3.07. The van der Waals surface area contributed by atoms with Crippen LogP contribution in [0.2, 0.25) is 0 Å². The van der Waals surface area contributed by atoms with Crippen molar-refractivity contribution in [2.24, 2.45) is 0 Å². The molecule has 2 amide bonds. The molecule has 2 N–H and O–H groups in total. The maximum atomic E-state index is 11.9. The Morgan fingerprint density at radius 3 is 3.11 bits per heavy atom. The van der Waals surface area contributed by atoms with Gasteiger partial charge in [-0.15, -0.1) is 0 Å². The van der Waals surface area contributed by atoms with Gasteiger partial charge in [0.15, 0.2) is 0 Å². The highest BCUT2D eigenvalue weighted by Gasteiger charge is 2.27. The third-order valence-corrected chi connectivity index (χ3v) is 3.46. The van der Waals surface area contributed by atoms with E-state index in [1.807, 2.05) is 4.68 Å². The molecule has 19 heavy (non-hydrogen) atoms. The first kappa shape index (κ1) is 12.2. The highest BCUT2D eigenvalue weighted by molar-refractivity contribution is 5.98. The summed E-state index contributed by atoms with van der Waals surface area (Å²) in [5, 5.41) is 9.64. The fourth-order valence-corrected chi connectivity index (χ4v) is 2.37. The molecule has 0 saturated carbocycles. The molecule has 1 aromatic heterocycles. The molecule has 1 aromatic rings. The molecule has 0 aromatic carbocycles. The molecule has 0 radical (unpaired) electrons. The quantitative estimate of drug-likeness (QED) is 0.808. The molecule has 2 atom stereocenters. The van der Waals surface area contributed by atoms with Crippen molar-refractivity contribution in [3.8, 4) is 0 Å². The second-order valence-corrected chi connectivity index (χ2v) is 4.87. The molecule has 0 bridgehead atoms. The number of anilines is 1. The summed E-state index contributed by atoms with van der Waals surface area (Å²) in [4.78, 5) is 23.0. The van der Waals surface area contributed by atoms with Gasteiger partial charge in [0, 0.05) is 19.2 Å². The molecule has 2 aliphatic rings. The summed E-state index contributed by atoms with van der Waals surface area (Å²) < 4.78 is 7.11. The van der Waals surface area contributed by atoms with Gasteiger partial charge in [-0.1, -0.05) is 0 Å². The van der Waals surface area contributed by atoms with Crippen LogP contribution in [-0.2, 0) is 14.3 Å². The van der Waals surface area contributed by atoms with Crippen LogP contribution < -0.4 is 10.6 Å². The Morgan fingerprint density at radius 2 is 2.42 bits per heavy atom. The predicted octanol–water partition coefficient (Wildman–Crippen LogP) is 0.0616. The summed E-state index contributed by atoms with van der Waals surface area (Å²) in [6.07, 6.45) is 5.32. The van der Waals surface area contributed by atoms with Gasteiger partial charge in [-0.05, 0) is 12.8 Å². The van der Waals surface area contributed by atoms with Gasteiger partial charge in [0.05, 0.1) is 24.5 Å². The number of nitrogens with zero attached hydrogens (tertiary/aromatic N) is 2. The SMILES string of the molecule is O=C1CC[C@H](C(=O)Nc2cnn([C@H]3CCOC3)c2)N1. The van der Waals surface area contributed by atoms with Crippen LogP contribution in [0.1, 0.15) is 25.3 Å². The number of rotatable bonds is 3. The van der Waals surface area contributed by atoms with E-state index in [-0.39, 0.29) is 17.9 Å². The van der Waals surface area contributed by atoms with Crippen LogP contribution in [0.4, 0.5) is 5.69 Å². The van der Waals surface area contributed by atoms with Crippen molar-refractivity contribution in [2.75, 3.05) is 18.5 Å². The summed E-state index contributed by atoms with van der Waals surface area (Å²) in [5.41, 5.74) is 0.651. The second kappa shape index (κ2) is 5.00. The molecule has 0 spiro atoms. The summed E-state index contributed by atoms with van der Waals surface area (Å²) in [7, 11) is 0. The maximum absolute atomic E-state index is 11.9. The van der Waals surface area contributed by atoms with Crippen molar-refractivity contribution in [3.05, 3.63) is 12.4 Å². The number of ether oxygens (including phenoxy) is 1. The minimum Gasteiger partial charge on any atom is -0.379 e. The molecule has 0 aliphatic carbocycles. The molecular formula is C12H16N4O3. The molecule has 102 valence electrons. The van der Waals surface area contributed by atoms with E-state index in [9.17, 15) is 9.59 Å². The van der Waals surface area contributed by atoms with Gasteiger partial charge in [0.2, 0.25) is 11.8 Å². The van der Waals surface area contributed by atoms with Crippen LogP contribution in [0.5, 0.6) is 0 Å². The zero-order valence-electron chi connectivity index (χ0n) is 10.5. The first-order valence-electron chi connectivity index (χ1n) is 6.44. The maximum Gasteiger partial charge on any atom is 0.247 e. The molecule has 0 unspecified atom stereocenters. The summed E-state index contributed by atoms with van der Waals surface area (Å²) in [5.74, 6) is -0.257. The van der Waals surface area contributed by atoms with E-state index in [2.05, 4.69) is 15.7 Å². The Hall–Kier alpha value is -1.89. The van der Waals surface area contributed by atoms with E-state index in [0.29, 0.717) is 25.1 Å². The highest BCUT2D eigenvalue weighted by Crippen LogP contribution is 2.20. The number of carbonyl (C=O) groups excluding carboxylic acids is 2. The predicted molar refractivity (Wildman–Crippen MR) is 66.5 cm³/mol. The Balaban J connectivity index is 1.60. The van der Waals surface area contributed by atoms with Gasteiger partial charge >= 0.3 is 0 Å². The Morgan fingerprint density at radius 1 is 1.53 bits per heavy atom. The van der Waals surface area contributed by atoms with Gasteiger partial charge in [-0.3, -0.25) is 14.3 Å². The molecule has 7 nitrogen and oxygen atoms in total. The van der Waals surface area contributed by atoms with Crippen molar-refractivity contribution >= 4 is 17.5 Å². The van der Waals surface area contributed by atoms with Crippen molar-refractivity contribution in [1.29, 1.82) is 0 Å². The molecule has 2 aliphatic heterocycles. The van der Waals surface area contributed by atoms with Crippen molar-refractivity contribution in [1.82, 2.24) is 15.1 Å². The summed E-state index contributed by atoms with van der Waals surface area (Å²) in [6, 6.07) is -0.178. The van der Waals surface area contributed by atoms with E-state index in [1.165, 1.54) is 0 Å². The standard InChI is InChI=1S/C12H16N4O3/c17-11-2-1-10(15-11)12(18)14-8-5-13-16(6-8)9-3-4-19-7-9/h5-6,9-10H,1-4,7H2,(H,14,18)(H,15,17)/t9-,10+/m0/s1. The van der Waals surface area contributed by atoms with E-state index in [4.69, 9.17) is 4.74 Å². The van der Waals surface area contributed by atoms with Gasteiger partial charge in [0.25, 0.3) is 0 Å². The average molecular weight is 264 g/mol. The van der Waals surface area contributed by atoms with Crippen molar-refractivity contribution < 1.29 is 14.3 Å². The van der Waals surface area contributed by atoms with Gasteiger partial charge < -0.3 is 15.4 Å². The molecule has 2 saturated heterocycles. The van der Waals surface area contributed by atoms with Crippen LogP contribution in [0.3, 0.4) is 0 Å². The first-order chi connectivity index (χ1) is 9.22. The minimum absolute atomic E-state index is 0.0704. The van der Waals surface area contributed by atoms with Crippen LogP contribution >= 0.6 is 0 Å². The zero-order valence-corrected chi connectivity index (χ0v) is 10.5. The van der Waals surface area contributed by atoms with Crippen LogP contribution in [0.15, 0.2) is 12.4 Å². The Bertz CT molecular complexity index is 493. The fourth-order valence-electron chi connectivity index (χ4n) is 2.37. The van der Waals surface area contributed by atoms with E-state index in [1.54, 1.807) is 12.4 Å². The van der Waals surface area contributed by atoms with Gasteiger partial charge in [0.1, 0.15) is 6.04 Å². The number of hydrogen-bond acceptors (Lipinski definition) is 4. The number of carbonyl (C=O) groups is 2. The third kappa shape index (κ3) is 2.60. The number of amides is 2. The number of nitrogens with one attached hydrogen (secondary N) is 2. The third-order valence-electron chi connectivity index (χ3n) is 3.46. The van der Waals surface area contributed by atoms with E-state index >= 15 is 0 Å². The molecule has 3 rings (SSSR count). The molecule has 3 heterocycles. The normalized spacial score (nSPS) is 26.4. The topological polar surface area (TPSA) is 85.2 Å². The molecular weight excluding hydrogens is 248 g/mol. The molecule has 2 fully saturated rings. The number of hydrogen-bond donors (Lipinski definition) is 2. The summed E-state index contributed by atoms with van der Waals surface area (Å²) >= 11 is 0. The Labute approximate surface area is 110 Å². The highest BCUT2D eigenvalue weighted by atomic mass is 16.5. The largest absolute Gasteiger partial charge is 0.379 e. The summed E-state index contributed by atoms with van der Waals surface area (Å²) in [6.45, 7) is 1.41. The smallest absolute Gasteiger partial charge is 0.247 e. The van der Waals surface area contributed by atoms with Gasteiger partial charge in [-0.25, -0.2) is 0 Å². The van der Waals surface area contributed by atoms with Crippen LogP contribution in [-0.4, -0.2) is 40.9 Å².